The van der Waals surface area contributed by atoms with Gasteiger partial charge in [-0.05, 0) is 116 Å². The predicted molar refractivity (Wildman–Crippen MR) is 300 cm³/mol. The maximum absolute atomic E-state index is 11.5. The molecule has 0 aromatic rings. The number of hydrogen-bond donors (Lipinski definition) is 2. The molecule has 0 saturated carbocycles. The summed E-state index contributed by atoms with van der Waals surface area (Å²) in [4.78, 5) is 0. The highest BCUT2D eigenvalue weighted by molar-refractivity contribution is 6.74. The number of aliphatic hydroxyl groups excluding tert-OH is 2. The molecule has 18 atom stereocenters. The van der Waals surface area contributed by atoms with Gasteiger partial charge in [0.15, 0.2) is 25.0 Å². The first kappa shape index (κ1) is 61.6. The van der Waals surface area contributed by atoms with Gasteiger partial charge in [-0.1, -0.05) is 88.5 Å². The molecule has 73 heavy (non-hydrogen) atoms. The average Bonchev–Trinajstić information content (AvgIpc) is 4.08. The number of methoxy groups -OCH3 is 1. The monoisotopic (exact) mass is 1080 g/mol. The van der Waals surface area contributed by atoms with E-state index in [1.54, 1.807) is 7.11 Å². The molecule has 6 aliphatic rings. The first-order valence-corrected chi connectivity index (χ1v) is 37.4. The highest BCUT2D eigenvalue weighted by atomic mass is 28.4. The lowest BCUT2D eigenvalue weighted by molar-refractivity contribution is -0.202. The molecule has 4 bridgehead atoms. The van der Waals surface area contributed by atoms with Crippen molar-refractivity contribution in [1.29, 1.82) is 0 Å². The Balaban J connectivity index is 1.08. The van der Waals surface area contributed by atoms with Gasteiger partial charge >= 0.3 is 0 Å². The summed E-state index contributed by atoms with van der Waals surface area (Å²) < 4.78 is 69.3. The fraction of sp³-hybridized carbons (Fsp3) is 0.897. The van der Waals surface area contributed by atoms with Crippen LogP contribution < -0.4 is 0 Å². The highest BCUT2D eigenvalue weighted by Crippen LogP contribution is 2.45. The molecule has 422 valence electrons. The zero-order valence-electron chi connectivity index (χ0n) is 47.8. The Labute approximate surface area is 447 Å². The van der Waals surface area contributed by atoms with Crippen molar-refractivity contribution in [3.8, 4) is 0 Å². The quantitative estimate of drug-likeness (QED) is 0.0524. The minimum Gasteiger partial charge on any atom is -0.414 e. The standard InChI is InChI=1S/C58H106O12Si3/c1-15-25-49-58(70-73(22-8,23-9)24-10)53-36-55(66-49)57-47(60)34-51(68-57)42(37-62-53)32-44-31-40(12)48(65-44)27-26-43-30-39(11)41(13)50(64-43)35-52-46(28-29-59)56(61-14)54(67-52)33-45(69-72(19-5,20-6)21-7)38-63-71(16-2,17-3)18-4/h15,39,42-60H,1,12-13,16-38H2,2-11,14H3/t39?,42?,43?,44?,45?,46?,47?,48-,49-,50?,51?,52-,53?,54+,55+,56+,57?,58?/m0/s1. The summed E-state index contributed by atoms with van der Waals surface area (Å²) in [5, 5.41) is 21.9. The Bertz CT molecular complexity index is 1670. The molecule has 0 radical (unpaired) electrons. The SMILES string of the molecule is C=CC[C@@H]1O[C@@H]2CC(OCC(CC3CC(=C)[C@H](CCC4CC(C)C(=C)C(C[C@@H]5O[C@H](CC(CO[Si](CC)(CC)CC)O[Si](CC)(CC)CC)[C@H](OC)C5CCO)O4)O3)C3CC(O)C2O3)C1O[Si](CC)(CC)CC. The van der Waals surface area contributed by atoms with Gasteiger partial charge in [-0.15, -0.1) is 6.58 Å². The maximum Gasteiger partial charge on any atom is 0.192 e. The molecule has 0 spiro atoms. The number of ether oxygens (including phenoxy) is 7. The van der Waals surface area contributed by atoms with Gasteiger partial charge in [0.2, 0.25) is 0 Å². The van der Waals surface area contributed by atoms with Crippen LogP contribution in [0.1, 0.15) is 140 Å². The Kier molecular flexibility index (Phi) is 24.1. The smallest absolute Gasteiger partial charge is 0.192 e. The van der Waals surface area contributed by atoms with Gasteiger partial charge in [-0.25, -0.2) is 0 Å². The van der Waals surface area contributed by atoms with Crippen molar-refractivity contribution < 1.29 is 56.6 Å². The lowest BCUT2D eigenvalue weighted by atomic mass is 9.82. The van der Waals surface area contributed by atoms with Crippen molar-refractivity contribution in [3.05, 3.63) is 37.0 Å². The van der Waals surface area contributed by atoms with Crippen LogP contribution >= 0.6 is 0 Å². The first-order valence-electron chi connectivity index (χ1n) is 29.8. The Morgan fingerprint density at radius 1 is 0.685 bits per heavy atom. The van der Waals surface area contributed by atoms with Crippen LogP contribution in [0.4, 0.5) is 0 Å². The van der Waals surface area contributed by atoms with Crippen LogP contribution in [0, 0.1) is 17.8 Å². The van der Waals surface area contributed by atoms with Gasteiger partial charge in [-0.3, -0.25) is 0 Å². The van der Waals surface area contributed by atoms with Crippen molar-refractivity contribution in [2.24, 2.45) is 17.8 Å². The van der Waals surface area contributed by atoms with Gasteiger partial charge in [0.25, 0.3) is 0 Å². The van der Waals surface area contributed by atoms with Crippen LogP contribution in [0.5, 0.6) is 0 Å². The third kappa shape index (κ3) is 14.8. The molecule has 0 amide bonds. The largest absolute Gasteiger partial charge is 0.414 e. The third-order valence-electron chi connectivity index (χ3n) is 19.7. The lowest BCUT2D eigenvalue weighted by Gasteiger charge is -2.46. The van der Waals surface area contributed by atoms with Crippen LogP contribution in [0.25, 0.3) is 0 Å². The van der Waals surface area contributed by atoms with E-state index < -0.39 is 37.2 Å². The van der Waals surface area contributed by atoms with Crippen LogP contribution in [-0.2, 0) is 46.4 Å². The van der Waals surface area contributed by atoms with E-state index in [-0.39, 0.29) is 97.8 Å². The Morgan fingerprint density at radius 2 is 1.34 bits per heavy atom. The number of fused-ring (bicyclic) bond motifs is 5. The number of aliphatic hydroxyl groups is 2. The van der Waals surface area contributed by atoms with Gasteiger partial charge in [0.05, 0.1) is 98.7 Å². The summed E-state index contributed by atoms with van der Waals surface area (Å²) in [7, 11) is -4.01. The van der Waals surface area contributed by atoms with Gasteiger partial charge in [0.1, 0.15) is 6.10 Å². The van der Waals surface area contributed by atoms with E-state index >= 15 is 0 Å². The number of rotatable bonds is 30. The summed E-state index contributed by atoms with van der Waals surface area (Å²) in [5.41, 5.74) is 2.25. The Hall–Kier alpha value is -0.609. The van der Waals surface area contributed by atoms with E-state index in [0.717, 1.165) is 97.6 Å². The topological polar surface area (TPSA) is 133 Å². The maximum atomic E-state index is 11.5. The third-order valence-corrected chi connectivity index (χ3v) is 33.6. The zero-order valence-corrected chi connectivity index (χ0v) is 50.8. The summed E-state index contributed by atoms with van der Waals surface area (Å²) >= 11 is 0. The summed E-state index contributed by atoms with van der Waals surface area (Å²) in [6, 6.07) is 9.70. The number of hydrogen-bond acceptors (Lipinski definition) is 12. The fourth-order valence-electron chi connectivity index (χ4n) is 14.0. The molecule has 12 unspecified atom stereocenters. The van der Waals surface area contributed by atoms with Crippen molar-refractivity contribution in [2.45, 2.75) is 286 Å². The molecule has 2 N–H and O–H groups in total. The summed E-state index contributed by atoms with van der Waals surface area (Å²) in [5.74, 6) is 0.357. The first-order chi connectivity index (χ1) is 35.1. The van der Waals surface area contributed by atoms with Crippen molar-refractivity contribution in [2.75, 3.05) is 26.9 Å². The molecule has 6 aliphatic heterocycles. The molecule has 0 aliphatic carbocycles. The van der Waals surface area contributed by atoms with Gasteiger partial charge in [0, 0.05) is 51.2 Å². The van der Waals surface area contributed by atoms with Gasteiger partial charge < -0.3 is 56.6 Å². The van der Waals surface area contributed by atoms with Crippen molar-refractivity contribution in [1.82, 2.24) is 0 Å². The summed E-state index contributed by atoms with van der Waals surface area (Å²) in [6.07, 6.45) is 7.22. The zero-order chi connectivity index (χ0) is 53.1. The molecule has 12 nitrogen and oxygen atoms in total. The molecule has 0 aromatic heterocycles. The molecular formula is C58H106O12Si3. The molecule has 6 fully saturated rings. The van der Waals surface area contributed by atoms with E-state index in [4.69, 9.17) is 46.4 Å². The predicted octanol–water partition coefficient (Wildman–Crippen LogP) is 11.9. The van der Waals surface area contributed by atoms with Gasteiger partial charge in [-0.2, -0.15) is 0 Å². The molecule has 6 saturated heterocycles. The molecular weight excluding hydrogens is 973 g/mol. The minimum atomic E-state index is -1.99. The molecule has 6 heterocycles. The van der Waals surface area contributed by atoms with Crippen molar-refractivity contribution in [3.63, 3.8) is 0 Å². The summed E-state index contributed by atoms with van der Waals surface area (Å²) in [6.45, 7) is 37.2. The van der Waals surface area contributed by atoms with E-state index in [2.05, 4.69) is 89.0 Å². The highest BCUT2D eigenvalue weighted by Gasteiger charge is 2.53. The van der Waals surface area contributed by atoms with Crippen LogP contribution in [-0.4, -0.2) is 154 Å². The van der Waals surface area contributed by atoms with Crippen molar-refractivity contribution >= 4 is 25.0 Å². The van der Waals surface area contributed by atoms with E-state index in [1.165, 1.54) is 0 Å². The van der Waals surface area contributed by atoms with Crippen LogP contribution in [0.3, 0.4) is 0 Å². The second kappa shape index (κ2) is 28.5. The fourth-order valence-corrected chi connectivity index (χ4v) is 22.4. The second-order valence-electron chi connectivity index (χ2n) is 23.4. The Morgan fingerprint density at radius 3 is 1.96 bits per heavy atom. The molecule has 15 heteroatoms. The van der Waals surface area contributed by atoms with E-state index in [0.29, 0.717) is 57.7 Å². The molecule has 0 aromatic carbocycles. The normalized spacial score (nSPS) is 36.8. The van der Waals surface area contributed by atoms with E-state index in [9.17, 15) is 10.2 Å². The average molecular weight is 1080 g/mol. The second-order valence-corrected chi connectivity index (χ2v) is 37.6. The van der Waals surface area contributed by atoms with E-state index in [1.807, 2.05) is 6.08 Å². The minimum absolute atomic E-state index is 0.0117. The lowest BCUT2D eigenvalue weighted by Crippen LogP contribution is -2.58. The molecule has 6 rings (SSSR count). The van der Waals surface area contributed by atoms with Crippen LogP contribution in [0.15, 0.2) is 37.0 Å². The van der Waals surface area contributed by atoms with Crippen LogP contribution in [0.2, 0.25) is 54.4 Å².